The summed E-state index contributed by atoms with van der Waals surface area (Å²) < 4.78 is 18.8. The molecule has 0 fully saturated rings. The SMILES string of the molecule is COC[C@H](CC(=O)CCc1ccccc1)C(=O)N[C@@H](Cc1ccc(F)cc1)C(=O)CCc1cccc2ccccc12. The van der Waals surface area contributed by atoms with Crippen LogP contribution in [0.3, 0.4) is 0 Å². The number of carbonyl (C=O) groups is 3. The Morgan fingerprint density at radius 1 is 0.780 bits per heavy atom. The van der Waals surface area contributed by atoms with E-state index >= 15 is 0 Å². The molecule has 0 spiro atoms. The van der Waals surface area contributed by atoms with Gasteiger partial charge in [0.15, 0.2) is 5.78 Å². The third-order valence-electron chi connectivity index (χ3n) is 7.33. The number of aryl methyl sites for hydroxylation is 2. The fraction of sp³-hybridized carbons (Fsp3) is 0.286. The molecule has 0 saturated heterocycles. The quantitative estimate of drug-likeness (QED) is 0.194. The first kappa shape index (κ1) is 29.8. The fourth-order valence-corrected chi connectivity index (χ4v) is 5.07. The van der Waals surface area contributed by atoms with Crippen molar-refractivity contribution < 1.29 is 23.5 Å². The van der Waals surface area contributed by atoms with Crippen LogP contribution in [-0.2, 0) is 38.4 Å². The first-order valence-electron chi connectivity index (χ1n) is 14.0. The number of rotatable bonds is 15. The number of Topliss-reactive ketones (excluding diaryl/α,β-unsaturated/α-hetero) is 2. The van der Waals surface area contributed by atoms with Crippen molar-refractivity contribution in [2.24, 2.45) is 5.92 Å². The predicted octanol–water partition coefficient (Wildman–Crippen LogP) is 6.06. The molecule has 2 atom stereocenters. The molecule has 4 rings (SSSR count). The summed E-state index contributed by atoms with van der Waals surface area (Å²) in [4.78, 5) is 39.7. The smallest absolute Gasteiger partial charge is 0.226 e. The maximum atomic E-state index is 13.5. The zero-order chi connectivity index (χ0) is 29.0. The molecule has 0 unspecified atom stereocenters. The molecule has 4 aromatic rings. The van der Waals surface area contributed by atoms with Gasteiger partial charge in [-0.2, -0.15) is 0 Å². The molecule has 0 bridgehead atoms. The van der Waals surface area contributed by atoms with Gasteiger partial charge in [0, 0.05) is 26.4 Å². The lowest BCUT2D eigenvalue weighted by Crippen LogP contribution is -2.46. The van der Waals surface area contributed by atoms with E-state index < -0.39 is 17.9 Å². The van der Waals surface area contributed by atoms with E-state index in [1.807, 2.05) is 72.8 Å². The Kier molecular flexibility index (Phi) is 10.9. The Hall–Kier alpha value is -4.16. The van der Waals surface area contributed by atoms with Gasteiger partial charge in [0.1, 0.15) is 11.6 Å². The van der Waals surface area contributed by atoms with Crippen LogP contribution in [0.15, 0.2) is 97.1 Å². The highest BCUT2D eigenvalue weighted by atomic mass is 19.1. The molecule has 1 amide bonds. The van der Waals surface area contributed by atoms with Gasteiger partial charge in [-0.3, -0.25) is 14.4 Å². The first-order chi connectivity index (χ1) is 19.9. The highest BCUT2D eigenvalue weighted by Gasteiger charge is 2.27. The molecule has 0 aliphatic carbocycles. The van der Waals surface area contributed by atoms with Gasteiger partial charge in [-0.05, 0) is 58.9 Å². The van der Waals surface area contributed by atoms with E-state index in [0.717, 1.165) is 27.5 Å². The molecule has 0 radical (unpaired) electrons. The molecule has 212 valence electrons. The normalized spacial score (nSPS) is 12.5. The maximum absolute atomic E-state index is 13.5. The van der Waals surface area contributed by atoms with Crippen LogP contribution < -0.4 is 5.32 Å². The van der Waals surface area contributed by atoms with E-state index in [4.69, 9.17) is 4.74 Å². The van der Waals surface area contributed by atoms with Crippen molar-refractivity contribution in [2.75, 3.05) is 13.7 Å². The Morgan fingerprint density at radius 3 is 2.24 bits per heavy atom. The van der Waals surface area contributed by atoms with Crippen molar-refractivity contribution in [1.82, 2.24) is 5.32 Å². The van der Waals surface area contributed by atoms with Crippen LogP contribution in [0.2, 0.25) is 0 Å². The van der Waals surface area contributed by atoms with E-state index in [0.29, 0.717) is 19.3 Å². The summed E-state index contributed by atoms with van der Waals surface area (Å²) in [7, 11) is 1.49. The maximum Gasteiger partial charge on any atom is 0.226 e. The Balaban J connectivity index is 1.44. The minimum Gasteiger partial charge on any atom is -0.384 e. The number of hydrogen-bond donors (Lipinski definition) is 1. The number of hydrogen-bond acceptors (Lipinski definition) is 4. The summed E-state index contributed by atoms with van der Waals surface area (Å²) in [5.74, 6) is -1.65. The number of nitrogens with one attached hydrogen (secondary N) is 1. The second kappa shape index (κ2) is 15.0. The Bertz CT molecular complexity index is 1450. The molecule has 1 N–H and O–H groups in total. The lowest BCUT2D eigenvalue weighted by atomic mass is 9.94. The van der Waals surface area contributed by atoms with Gasteiger partial charge in [0.25, 0.3) is 0 Å². The minimum absolute atomic E-state index is 0.0277. The van der Waals surface area contributed by atoms with Gasteiger partial charge in [-0.15, -0.1) is 0 Å². The molecule has 0 saturated carbocycles. The predicted molar refractivity (Wildman–Crippen MR) is 159 cm³/mol. The van der Waals surface area contributed by atoms with Crippen molar-refractivity contribution in [3.8, 4) is 0 Å². The van der Waals surface area contributed by atoms with Crippen LogP contribution in [0.1, 0.15) is 36.0 Å². The van der Waals surface area contributed by atoms with Gasteiger partial charge in [-0.25, -0.2) is 4.39 Å². The number of benzene rings is 4. The zero-order valence-corrected chi connectivity index (χ0v) is 23.4. The van der Waals surface area contributed by atoms with Gasteiger partial charge in [-0.1, -0.05) is 84.9 Å². The molecular weight excluding hydrogens is 517 g/mol. The Morgan fingerprint density at radius 2 is 1.49 bits per heavy atom. The molecule has 5 nitrogen and oxygen atoms in total. The number of halogens is 1. The summed E-state index contributed by atoms with van der Waals surface area (Å²) in [6.45, 7) is 0.0658. The summed E-state index contributed by atoms with van der Waals surface area (Å²) >= 11 is 0. The average molecular weight is 554 g/mol. The van der Waals surface area contributed by atoms with Crippen LogP contribution in [0, 0.1) is 11.7 Å². The van der Waals surface area contributed by atoms with E-state index in [-0.39, 0.29) is 43.3 Å². The van der Waals surface area contributed by atoms with Crippen LogP contribution in [0.25, 0.3) is 10.8 Å². The molecule has 0 aromatic heterocycles. The summed E-state index contributed by atoms with van der Waals surface area (Å²) in [6.07, 6.45) is 1.92. The van der Waals surface area contributed by atoms with Crippen molar-refractivity contribution in [1.29, 1.82) is 0 Å². The fourth-order valence-electron chi connectivity index (χ4n) is 5.07. The molecule has 0 aliphatic rings. The third-order valence-corrected chi connectivity index (χ3v) is 7.33. The van der Waals surface area contributed by atoms with Gasteiger partial charge in [0.2, 0.25) is 5.91 Å². The monoisotopic (exact) mass is 553 g/mol. The van der Waals surface area contributed by atoms with Gasteiger partial charge < -0.3 is 10.1 Å². The largest absolute Gasteiger partial charge is 0.384 e. The van der Waals surface area contributed by atoms with Crippen LogP contribution in [-0.4, -0.2) is 37.2 Å². The van der Waals surface area contributed by atoms with Crippen LogP contribution >= 0.6 is 0 Å². The minimum atomic E-state index is -0.818. The lowest BCUT2D eigenvalue weighted by Gasteiger charge is -2.22. The first-order valence-corrected chi connectivity index (χ1v) is 14.0. The standard InChI is InChI=1S/C35H36FNO4/c1-41-24-29(23-31(38)20-16-25-8-3-2-4-9-25)35(40)37-33(22-26-14-18-30(36)19-15-26)34(39)21-17-28-12-7-11-27-10-5-6-13-32(27)28/h2-15,18-19,29,33H,16-17,20-24H2,1H3,(H,37,40)/t29-,33-/m0/s1. The van der Waals surface area contributed by atoms with Crippen LogP contribution in [0.4, 0.5) is 4.39 Å². The number of ether oxygens (including phenoxy) is 1. The Labute approximate surface area is 240 Å². The van der Waals surface area contributed by atoms with E-state index in [1.165, 1.54) is 19.2 Å². The van der Waals surface area contributed by atoms with Crippen molar-refractivity contribution in [3.63, 3.8) is 0 Å². The number of fused-ring (bicyclic) bond motifs is 1. The van der Waals surface area contributed by atoms with Crippen molar-refractivity contribution in [2.45, 2.75) is 44.6 Å². The van der Waals surface area contributed by atoms with Crippen molar-refractivity contribution >= 4 is 28.2 Å². The van der Waals surface area contributed by atoms with Gasteiger partial charge in [0.05, 0.1) is 18.6 Å². The van der Waals surface area contributed by atoms with Crippen LogP contribution in [0.5, 0.6) is 0 Å². The molecule has 41 heavy (non-hydrogen) atoms. The number of ketones is 2. The molecular formula is C35H36FNO4. The molecule has 0 heterocycles. The molecule has 4 aromatic carbocycles. The highest BCUT2D eigenvalue weighted by Crippen LogP contribution is 2.21. The summed E-state index contributed by atoms with van der Waals surface area (Å²) in [6, 6.07) is 28.9. The topological polar surface area (TPSA) is 72.5 Å². The third kappa shape index (κ3) is 8.92. The second-order valence-corrected chi connectivity index (χ2v) is 10.4. The number of carbonyl (C=O) groups excluding carboxylic acids is 3. The number of amides is 1. The molecule has 0 aliphatic heterocycles. The second-order valence-electron chi connectivity index (χ2n) is 10.4. The lowest BCUT2D eigenvalue weighted by molar-refractivity contribution is -0.133. The van der Waals surface area contributed by atoms with E-state index in [9.17, 15) is 18.8 Å². The zero-order valence-electron chi connectivity index (χ0n) is 23.4. The van der Waals surface area contributed by atoms with E-state index in [1.54, 1.807) is 12.1 Å². The number of methoxy groups -OCH3 is 1. The van der Waals surface area contributed by atoms with Crippen molar-refractivity contribution in [3.05, 3.63) is 120 Å². The highest BCUT2D eigenvalue weighted by molar-refractivity contribution is 5.93. The van der Waals surface area contributed by atoms with E-state index in [2.05, 4.69) is 5.32 Å². The summed E-state index contributed by atoms with van der Waals surface area (Å²) in [5.41, 5.74) is 2.85. The van der Waals surface area contributed by atoms with Gasteiger partial charge >= 0.3 is 0 Å². The summed E-state index contributed by atoms with van der Waals surface area (Å²) in [5, 5.41) is 5.10. The molecule has 6 heteroatoms. The average Bonchev–Trinajstić information content (AvgIpc) is 2.99.